The zero-order valence-electron chi connectivity index (χ0n) is 10.9. The van der Waals surface area contributed by atoms with Crippen LogP contribution in [0.5, 0.6) is 0 Å². The highest BCUT2D eigenvalue weighted by molar-refractivity contribution is 8.00. The molecule has 1 amide bonds. The maximum Gasteiger partial charge on any atom is 0.237 e. The van der Waals surface area contributed by atoms with Crippen molar-refractivity contribution >= 4 is 46.6 Å². The summed E-state index contributed by atoms with van der Waals surface area (Å²) in [6.45, 7) is 1.82. The van der Waals surface area contributed by atoms with Crippen molar-refractivity contribution in [2.75, 3.05) is 5.32 Å². The number of carbonyl (C=O) groups is 1. The number of carbonyl (C=O) groups excluding carboxylic acids is 1. The molecule has 2 rings (SSSR count). The van der Waals surface area contributed by atoms with Crippen LogP contribution in [0.4, 0.5) is 5.69 Å². The first-order valence-electron chi connectivity index (χ1n) is 5.86. The normalized spacial score (nSPS) is 12.2. The van der Waals surface area contributed by atoms with E-state index < -0.39 is 0 Å². The Labute approximate surface area is 131 Å². The number of aromatic nitrogens is 2. The number of aryl methyl sites for hydroxylation is 1. The first kappa shape index (κ1) is 15.2. The number of amides is 1. The van der Waals surface area contributed by atoms with E-state index in [-0.39, 0.29) is 11.2 Å². The summed E-state index contributed by atoms with van der Waals surface area (Å²) in [7, 11) is 1.89. The lowest BCUT2D eigenvalue weighted by molar-refractivity contribution is -0.115. The monoisotopic (exact) mass is 329 g/mol. The zero-order chi connectivity index (χ0) is 14.7. The van der Waals surface area contributed by atoms with E-state index in [0.29, 0.717) is 15.7 Å². The van der Waals surface area contributed by atoms with Gasteiger partial charge < -0.3 is 9.88 Å². The molecular weight excluding hydrogens is 317 g/mol. The molecule has 0 radical (unpaired) electrons. The van der Waals surface area contributed by atoms with Crippen LogP contribution >= 0.6 is 35.0 Å². The molecule has 0 saturated carbocycles. The molecule has 7 heteroatoms. The molecule has 1 unspecified atom stereocenters. The van der Waals surface area contributed by atoms with Gasteiger partial charge >= 0.3 is 0 Å². The Morgan fingerprint density at radius 1 is 1.35 bits per heavy atom. The van der Waals surface area contributed by atoms with E-state index in [4.69, 9.17) is 23.2 Å². The second-order valence-electron chi connectivity index (χ2n) is 4.23. The van der Waals surface area contributed by atoms with Gasteiger partial charge in [-0.05, 0) is 25.1 Å². The minimum atomic E-state index is -0.283. The standard InChI is InChI=1S/C13H13Cl2N3OS/c1-8(20-13-16-3-4-18(13)2)12(19)17-11-6-9(14)5-10(15)7-11/h3-8H,1-2H3,(H,17,19). The predicted octanol–water partition coefficient (Wildman–Crippen LogP) is 3.85. The summed E-state index contributed by atoms with van der Waals surface area (Å²) < 4.78 is 1.87. The van der Waals surface area contributed by atoms with Crippen LogP contribution < -0.4 is 5.32 Å². The van der Waals surface area contributed by atoms with Gasteiger partial charge in [0.2, 0.25) is 5.91 Å². The number of anilines is 1. The van der Waals surface area contributed by atoms with Crippen molar-refractivity contribution in [3.05, 3.63) is 40.6 Å². The maximum atomic E-state index is 12.1. The summed E-state index contributed by atoms with van der Waals surface area (Å²) in [6, 6.07) is 4.93. The molecule has 1 aromatic carbocycles. The van der Waals surface area contributed by atoms with Crippen LogP contribution in [0.1, 0.15) is 6.92 Å². The molecule has 0 bridgehead atoms. The summed E-state index contributed by atoms with van der Waals surface area (Å²) in [5.74, 6) is -0.128. The number of nitrogens with one attached hydrogen (secondary N) is 1. The van der Waals surface area contributed by atoms with Crippen LogP contribution in [-0.4, -0.2) is 20.7 Å². The number of hydrogen-bond acceptors (Lipinski definition) is 3. The highest BCUT2D eigenvalue weighted by Crippen LogP contribution is 2.25. The van der Waals surface area contributed by atoms with Crippen molar-refractivity contribution in [3.8, 4) is 0 Å². The number of imidazole rings is 1. The number of nitrogens with zero attached hydrogens (tertiary/aromatic N) is 2. The minimum absolute atomic E-state index is 0.128. The fourth-order valence-electron chi connectivity index (χ4n) is 1.55. The molecular formula is C13H13Cl2N3OS. The van der Waals surface area contributed by atoms with Crippen molar-refractivity contribution in [1.29, 1.82) is 0 Å². The third kappa shape index (κ3) is 3.91. The van der Waals surface area contributed by atoms with Gasteiger partial charge in [-0.2, -0.15) is 0 Å². The second-order valence-corrected chi connectivity index (χ2v) is 6.41. The van der Waals surface area contributed by atoms with E-state index in [9.17, 15) is 4.79 Å². The molecule has 1 heterocycles. The lowest BCUT2D eigenvalue weighted by Gasteiger charge is -2.12. The minimum Gasteiger partial charge on any atom is -0.329 e. The van der Waals surface area contributed by atoms with Crippen LogP contribution in [0.2, 0.25) is 10.0 Å². The number of thioether (sulfide) groups is 1. The zero-order valence-corrected chi connectivity index (χ0v) is 13.3. The van der Waals surface area contributed by atoms with Gasteiger partial charge in [0.15, 0.2) is 5.16 Å². The van der Waals surface area contributed by atoms with Crippen molar-refractivity contribution < 1.29 is 4.79 Å². The number of rotatable bonds is 4. The van der Waals surface area contributed by atoms with Crippen molar-refractivity contribution in [3.63, 3.8) is 0 Å². The third-order valence-electron chi connectivity index (χ3n) is 2.56. The SMILES string of the molecule is CC(Sc1nccn1C)C(=O)Nc1cc(Cl)cc(Cl)c1. The first-order chi connectivity index (χ1) is 9.45. The topological polar surface area (TPSA) is 46.9 Å². The molecule has 4 nitrogen and oxygen atoms in total. The Balaban J connectivity index is 2.02. The average Bonchev–Trinajstić information content (AvgIpc) is 2.73. The molecule has 1 N–H and O–H groups in total. The maximum absolute atomic E-state index is 12.1. The Morgan fingerprint density at radius 3 is 2.55 bits per heavy atom. The highest BCUT2D eigenvalue weighted by Gasteiger charge is 2.17. The largest absolute Gasteiger partial charge is 0.329 e. The molecule has 0 aliphatic heterocycles. The Morgan fingerprint density at radius 2 is 2.00 bits per heavy atom. The van der Waals surface area contributed by atoms with Gasteiger partial charge in [-0.15, -0.1) is 0 Å². The fourth-order valence-corrected chi connectivity index (χ4v) is 2.90. The summed E-state index contributed by atoms with van der Waals surface area (Å²) in [5, 5.41) is 4.26. The van der Waals surface area contributed by atoms with Gasteiger partial charge in [0.05, 0.1) is 5.25 Å². The average molecular weight is 330 g/mol. The van der Waals surface area contributed by atoms with E-state index in [1.807, 2.05) is 24.7 Å². The molecule has 1 aromatic heterocycles. The highest BCUT2D eigenvalue weighted by atomic mass is 35.5. The smallest absolute Gasteiger partial charge is 0.237 e. The summed E-state index contributed by atoms with van der Waals surface area (Å²) in [6.07, 6.45) is 3.54. The van der Waals surface area contributed by atoms with Gasteiger partial charge in [0.1, 0.15) is 0 Å². The Hall–Kier alpha value is -1.17. The number of halogens is 2. The number of hydrogen-bond donors (Lipinski definition) is 1. The summed E-state index contributed by atoms with van der Waals surface area (Å²) >= 11 is 13.2. The lowest BCUT2D eigenvalue weighted by atomic mass is 10.3. The van der Waals surface area contributed by atoms with Crippen molar-refractivity contribution in [2.45, 2.75) is 17.3 Å². The lowest BCUT2D eigenvalue weighted by Crippen LogP contribution is -2.22. The third-order valence-corrected chi connectivity index (χ3v) is 4.17. The van der Waals surface area contributed by atoms with Crippen LogP contribution in [-0.2, 0) is 11.8 Å². The van der Waals surface area contributed by atoms with Crippen LogP contribution in [0.15, 0.2) is 35.7 Å². The quantitative estimate of drug-likeness (QED) is 0.866. The Kier molecular flexibility index (Phi) is 4.96. The van der Waals surface area contributed by atoms with E-state index in [1.165, 1.54) is 11.8 Å². The van der Waals surface area contributed by atoms with E-state index in [0.717, 1.165) is 5.16 Å². The van der Waals surface area contributed by atoms with E-state index >= 15 is 0 Å². The molecule has 1 atom stereocenters. The molecule has 20 heavy (non-hydrogen) atoms. The number of benzene rings is 1. The van der Waals surface area contributed by atoms with Gasteiger partial charge in [0.25, 0.3) is 0 Å². The van der Waals surface area contributed by atoms with Crippen LogP contribution in [0.25, 0.3) is 0 Å². The van der Waals surface area contributed by atoms with Crippen LogP contribution in [0.3, 0.4) is 0 Å². The van der Waals surface area contributed by atoms with Crippen LogP contribution in [0, 0.1) is 0 Å². The van der Waals surface area contributed by atoms with Gasteiger partial charge in [0, 0.05) is 35.2 Å². The summed E-state index contributed by atoms with van der Waals surface area (Å²) in [4.78, 5) is 16.3. The molecule has 2 aromatic rings. The molecule has 106 valence electrons. The Bertz CT molecular complexity index is 610. The predicted molar refractivity (Wildman–Crippen MR) is 83.6 cm³/mol. The van der Waals surface area contributed by atoms with E-state index in [1.54, 1.807) is 24.4 Å². The van der Waals surface area contributed by atoms with Gasteiger partial charge in [-0.1, -0.05) is 35.0 Å². The van der Waals surface area contributed by atoms with Crippen molar-refractivity contribution in [1.82, 2.24) is 9.55 Å². The molecule has 0 fully saturated rings. The van der Waals surface area contributed by atoms with Gasteiger partial charge in [-0.3, -0.25) is 4.79 Å². The molecule has 0 aliphatic rings. The van der Waals surface area contributed by atoms with Gasteiger partial charge in [-0.25, -0.2) is 4.98 Å². The molecule has 0 aliphatic carbocycles. The fraction of sp³-hybridized carbons (Fsp3) is 0.231. The van der Waals surface area contributed by atoms with E-state index in [2.05, 4.69) is 10.3 Å². The van der Waals surface area contributed by atoms with Crippen molar-refractivity contribution in [2.24, 2.45) is 7.05 Å². The molecule has 0 spiro atoms. The molecule has 0 saturated heterocycles. The second kappa shape index (κ2) is 6.52. The first-order valence-corrected chi connectivity index (χ1v) is 7.50. The summed E-state index contributed by atoms with van der Waals surface area (Å²) in [5.41, 5.74) is 0.583.